The van der Waals surface area contributed by atoms with Crippen LogP contribution in [0.2, 0.25) is 0 Å². The van der Waals surface area contributed by atoms with Gasteiger partial charge in [0, 0.05) is 23.0 Å². The molecule has 2 aromatic rings. The Labute approximate surface area is 301 Å². The van der Waals surface area contributed by atoms with Gasteiger partial charge in [-0.2, -0.15) is 0 Å². The summed E-state index contributed by atoms with van der Waals surface area (Å²) < 4.78 is 33.4. The molecule has 0 aromatic carbocycles. The summed E-state index contributed by atoms with van der Waals surface area (Å²) in [6.07, 6.45) is 24.1. The van der Waals surface area contributed by atoms with E-state index in [0.29, 0.717) is 36.7 Å². The van der Waals surface area contributed by atoms with Gasteiger partial charge in [0.1, 0.15) is 18.2 Å². The second kappa shape index (κ2) is 28.5. The minimum Gasteiger partial charge on any atom is -0.382 e. The van der Waals surface area contributed by atoms with Crippen LogP contribution in [0.4, 0.5) is 5.82 Å². The van der Waals surface area contributed by atoms with Gasteiger partial charge < -0.3 is 24.1 Å². The van der Waals surface area contributed by atoms with Gasteiger partial charge in [-0.15, -0.1) is 0 Å². The van der Waals surface area contributed by atoms with Crippen LogP contribution >= 0.6 is 50.8 Å². The van der Waals surface area contributed by atoms with Crippen molar-refractivity contribution in [1.82, 2.24) is 19.5 Å². The molecular formula is C33H62N5O4PS4. The molecule has 2 aromatic heterocycles. The third-order valence-corrected chi connectivity index (χ3v) is 14.2. The van der Waals surface area contributed by atoms with E-state index in [1.165, 1.54) is 109 Å². The van der Waals surface area contributed by atoms with Crippen molar-refractivity contribution < 1.29 is 18.3 Å². The highest BCUT2D eigenvalue weighted by Gasteiger charge is 2.26. The fourth-order valence-corrected chi connectivity index (χ4v) is 10.5. The molecule has 0 bridgehead atoms. The molecule has 14 heteroatoms. The normalized spacial score (nSPS) is 12.7. The third-order valence-electron chi connectivity index (χ3n) is 7.64. The quantitative estimate of drug-likeness (QED) is 0.0425. The molecule has 0 saturated heterocycles. The van der Waals surface area contributed by atoms with Gasteiger partial charge in [0.15, 0.2) is 11.5 Å². The number of rotatable bonds is 33. The van der Waals surface area contributed by atoms with Crippen molar-refractivity contribution in [2.75, 3.05) is 48.3 Å². The number of fused-ring (bicyclic) bond motifs is 1. The number of nitrogens with two attached hydrogens (primary N) is 1. The summed E-state index contributed by atoms with van der Waals surface area (Å²) in [5.41, 5.74) is 7.13. The summed E-state index contributed by atoms with van der Waals surface area (Å²) in [4.78, 5) is 12.6. The first-order valence-electron chi connectivity index (χ1n) is 17.9. The molecule has 272 valence electrons. The summed E-state index contributed by atoms with van der Waals surface area (Å²) in [5.74, 6) is 4.14. The molecule has 0 fully saturated rings. The maximum absolute atomic E-state index is 13.7. The van der Waals surface area contributed by atoms with E-state index in [0.717, 1.165) is 23.0 Å². The van der Waals surface area contributed by atoms with Crippen LogP contribution in [0.5, 0.6) is 0 Å². The number of hydrogen-bond donors (Lipinski definition) is 1. The van der Waals surface area contributed by atoms with Crippen LogP contribution in [-0.4, -0.2) is 68.2 Å². The van der Waals surface area contributed by atoms with Crippen LogP contribution in [-0.2, 0) is 24.9 Å². The lowest BCUT2D eigenvalue weighted by Crippen LogP contribution is -2.18. The lowest BCUT2D eigenvalue weighted by molar-refractivity contribution is 0.0675. The third kappa shape index (κ3) is 21.0. The van der Waals surface area contributed by atoms with Gasteiger partial charge in [0.05, 0.1) is 32.2 Å². The van der Waals surface area contributed by atoms with E-state index in [9.17, 15) is 4.57 Å². The maximum Gasteiger partial charge on any atom is 0.356 e. The summed E-state index contributed by atoms with van der Waals surface area (Å²) in [7, 11) is 3.89. The zero-order valence-corrected chi connectivity index (χ0v) is 33.4. The zero-order valence-electron chi connectivity index (χ0n) is 29.3. The topological polar surface area (TPSA) is 114 Å². The molecule has 0 unspecified atom stereocenters. The number of unbranched alkanes of at least 4 members (excludes halogenated alkanes) is 14. The van der Waals surface area contributed by atoms with Gasteiger partial charge in [0.25, 0.3) is 0 Å². The van der Waals surface area contributed by atoms with Crippen molar-refractivity contribution in [1.29, 1.82) is 0 Å². The highest BCUT2D eigenvalue weighted by atomic mass is 33.1. The number of imidazole rings is 1. The van der Waals surface area contributed by atoms with Crippen LogP contribution in [0.15, 0.2) is 12.7 Å². The van der Waals surface area contributed by atoms with Crippen molar-refractivity contribution in [3.63, 3.8) is 0 Å². The number of nitrogen functional groups attached to an aromatic ring is 1. The van der Waals surface area contributed by atoms with E-state index in [1.54, 1.807) is 27.9 Å². The van der Waals surface area contributed by atoms with Crippen LogP contribution in [0, 0.1) is 0 Å². The average Bonchev–Trinajstić information content (AvgIpc) is 3.48. The summed E-state index contributed by atoms with van der Waals surface area (Å²) in [6.45, 7) is 7.66. The minimum absolute atomic E-state index is 0.0932. The Balaban J connectivity index is 1.67. The zero-order chi connectivity index (χ0) is 33.8. The molecule has 1 atom stereocenters. The molecule has 0 aliphatic heterocycles. The Bertz CT molecular complexity index is 1050. The molecule has 0 aliphatic rings. The van der Waals surface area contributed by atoms with Crippen molar-refractivity contribution in [3.05, 3.63) is 12.7 Å². The first kappa shape index (κ1) is 43.0. The molecule has 0 saturated carbocycles. The van der Waals surface area contributed by atoms with Gasteiger partial charge in [0.2, 0.25) is 0 Å². The van der Waals surface area contributed by atoms with Gasteiger partial charge >= 0.3 is 7.60 Å². The SMILES string of the molecule is CCCCCCCCCCSSCCOP(=O)(CO[C@H](C)Cn1cnc2c(N)ncnc21)OCCSSCCCCCCCCCC. The molecular weight excluding hydrogens is 690 g/mol. The molecule has 0 radical (unpaired) electrons. The average molecular weight is 752 g/mol. The standard InChI is InChI=1S/C33H62N5O4PS4/c1-4-6-8-10-12-14-16-18-22-44-46-24-20-41-43(39,42-21-25-47-45-23-19-17-15-13-11-9-7-5-2)29-40-30(3)26-38-28-37-31-32(34)35-27-36-33(31)38/h27-28,30H,4-26,29H2,1-3H3,(H2,34,35,36)/t30-/m1/s1. The monoisotopic (exact) mass is 751 g/mol. The molecule has 47 heavy (non-hydrogen) atoms. The van der Waals surface area contributed by atoms with E-state index in [4.69, 9.17) is 19.5 Å². The number of hydrogen-bond acceptors (Lipinski definition) is 12. The van der Waals surface area contributed by atoms with Crippen molar-refractivity contribution in [3.8, 4) is 0 Å². The Morgan fingerprint density at radius 1 is 0.723 bits per heavy atom. The Kier molecular flexibility index (Phi) is 26.1. The second-order valence-corrected chi connectivity index (χ2v) is 19.4. The number of anilines is 1. The maximum atomic E-state index is 13.7. The van der Waals surface area contributed by atoms with Crippen LogP contribution in [0.1, 0.15) is 124 Å². The van der Waals surface area contributed by atoms with E-state index in [1.807, 2.05) is 33.1 Å². The lowest BCUT2D eigenvalue weighted by Gasteiger charge is -2.21. The Morgan fingerprint density at radius 2 is 1.21 bits per heavy atom. The van der Waals surface area contributed by atoms with Gasteiger partial charge in [-0.05, 0) is 19.8 Å². The van der Waals surface area contributed by atoms with Gasteiger partial charge in [-0.1, -0.05) is 147 Å². The predicted octanol–water partition coefficient (Wildman–Crippen LogP) is 11.0. The predicted molar refractivity (Wildman–Crippen MR) is 210 cm³/mol. The molecule has 0 aliphatic carbocycles. The first-order valence-corrected chi connectivity index (χ1v) is 24.6. The van der Waals surface area contributed by atoms with E-state index in [2.05, 4.69) is 28.8 Å². The smallest absolute Gasteiger partial charge is 0.356 e. The Hall–Kier alpha value is -0.140. The molecule has 9 nitrogen and oxygen atoms in total. The highest BCUT2D eigenvalue weighted by Crippen LogP contribution is 2.49. The van der Waals surface area contributed by atoms with Gasteiger partial charge in [-0.25, -0.2) is 15.0 Å². The summed E-state index contributed by atoms with van der Waals surface area (Å²) in [5, 5.41) is 0. The Morgan fingerprint density at radius 3 is 1.74 bits per heavy atom. The van der Waals surface area contributed by atoms with E-state index in [-0.39, 0.29) is 12.5 Å². The van der Waals surface area contributed by atoms with Crippen LogP contribution < -0.4 is 5.73 Å². The molecule has 0 amide bonds. The lowest BCUT2D eigenvalue weighted by atomic mass is 10.1. The minimum atomic E-state index is -3.42. The van der Waals surface area contributed by atoms with E-state index >= 15 is 0 Å². The van der Waals surface area contributed by atoms with Gasteiger partial charge in [-0.3, -0.25) is 4.57 Å². The van der Waals surface area contributed by atoms with Crippen molar-refractivity contribution in [2.45, 2.75) is 136 Å². The second-order valence-electron chi connectivity index (χ2n) is 11.9. The van der Waals surface area contributed by atoms with E-state index < -0.39 is 7.60 Å². The highest BCUT2D eigenvalue weighted by molar-refractivity contribution is 8.77. The summed E-state index contributed by atoms with van der Waals surface area (Å²) in [6, 6.07) is 0. The van der Waals surface area contributed by atoms with Crippen LogP contribution in [0.25, 0.3) is 11.2 Å². The fraction of sp³-hybridized carbons (Fsp3) is 0.848. The number of aromatic nitrogens is 4. The van der Waals surface area contributed by atoms with Crippen molar-refractivity contribution >= 4 is 67.8 Å². The number of nitrogens with zero attached hydrogens (tertiary/aromatic N) is 4. The summed E-state index contributed by atoms with van der Waals surface area (Å²) >= 11 is 0. The molecule has 2 N–H and O–H groups in total. The van der Waals surface area contributed by atoms with Crippen LogP contribution in [0.3, 0.4) is 0 Å². The largest absolute Gasteiger partial charge is 0.382 e. The molecule has 2 heterocycles. The number of ether oxygens (including phenoxy) is 1. The fourth-order valence-electron chi connectivity index (χ4n) is 4.94. The first-order chi connectivity index (χ1) is 23.0. The molecule has 0 spiro atoms. The molecule has 2 rings (SSSR count). The van der Waals surface area contributed by atoms with Crippen molar-refractivity contribution in [2.24, 2.45) is 0 Å².